The molecular weight excluding hydrogens is 270 g/mol. The lowest BCUT2D eigenvalue weighted by atomic mass is 9.74. The minimum Gasteiger partial charge on any atom is -0.497 e. The third kappa shape index (κ3) is 4.08. The lowest BCUT2D eigenvalue weighted by Gasteiger charge is -2.41. The van der Waals surface area contributed by atoms with Crippen molar-refractivity contribution in [3.05, 3.63) is 35.9 Å². The number of aliphatic carboxylic acids is 1. The minimum absolute atomic E-state index is 0.0221. The molecule has 112 valence electrons. The second-order valence-corrected chi connectivity index (χ2v) is 5.30. The molecule has 0 aromatic heterocycles. The number of amides is 1. The molecule has 0 heterocycles. The predicted molar refractivity (Wildman–Crippen MR) is 79.0 cm³/mol. The summed E-state index contributed by atoms with van der Waals surface area (Å²) in [5.74, 6) is -0.426. The van der Waals surface area contributed by atoms with Gasteiger partial charge in [0.2, 0.25) is 5.91 Å². The molecule has 0 unspecified atom stereocenters. The standard InChI is InChI=1S/C16H19NO4/c1-21-13-5-2-4-12(10-13)6-7-14(18)17-16(8-3-9-16)11-15(19)20/h2,4-7,10H,3,8-9,11H2,1H3,(H,17,18)(H,19,20). The van der Waals surface area contributed by atoms with Gasteiger partial charge in [-0.3, -0.25) is 9.59 Å². The summed E-state index contributed by atoms with van der Waals surface area (Å²) in [4.78, 5) is 22.8. The van der Waals surface area contributed by atoms with Crippen LogP contribution in [-0.2, 0) is 9.59 Å². The van der Waals surface area contributed by atoms with Crippen molar-refractivity contribution in [3.63, 3.8) is 0 Å². The van der Waals surface area contributed by atoms with E-state index in [9.17, 15) is 9.59 Å². The van der Waals surface area contributed by atoms with Gasteiger partial charge in [-0.25, -0.2) is 0 Å². The Hall–Kier alpha value is -2.30. The van der Waals surface area contributed by atoms with Crippen LogP contribution in [0.15, 0.2) is 30.3 Å². The molecule has 0 atom stereocenters. The highest BCUT2D eigenvalue weighted by atomic mass is 16.5. The van der Waals surface area contributed by atoms with Gasteiger partial charge in [-0.05, 0) is 43.0 Å². The lowest BCUT2D eigenvalue weighted by Crippen LogP contribution is -2.54. The van der Waals surface area contributed by atoms with Gasteiger partial charge >= 0.3 is 5.97 Å². The fourth-order valence-corrected chi connectivity index (χ4v) is 2.46. The van der Waals surface area contributed by atoms with Gasteiger partial charge in [-0.1, -0.05) is 12.1 Å². The fourth-order valence-electron chi connectivity index (χ4n) is 2.46. The molecule has 5 nitrogen and oxygen atoms in total. The van der Waals surface area contributed by atoms with E-state index in [0.717, 1.165) is 30.6 Å². The van der Waals surface area contributed by atoms with Crippen molar-refractivity contribution in [1.82, 2.24) is 5.32 Å². The monoisotopic (exact) mass is 289 g/mol. The normalized spacial score (nSPS) is 16.2. The molecule has 0 spiro atoms. The van der Waals surface area contributed by atoms with Crippen molar-refractivity contribution in [1.29, 1.82) is 0 Å². The summed E-state index contributed by atoms with van der Waals surface area (Å²) in [6.07, 6.45) is 5.48. The number of hydrogen-bond acceptors (Lipinski definition) is 3. The summed E-state index contributed by atoms with van der Waals surface area (Å²) in [6.45, 7) is 0. The molecule has 1 fully saturated rings. The number of carboxylic acid groups (broad SMARTS) is 1. The molecule has 0 bridgehead atoms. The molecule has 1 amide bonds. The first-order chi connectivity index (χ1) is 10.0. The Labute approximate surface area is 123 Å². The van der Waals surface area contributed by atoms with Crippen molar-refractivity contribution in [2.75, 3.05) is 7.11 Å². The van der Waals surface area contributed by atoms with Crippen LogP contribution in [0.4, 0.5) is 0 Å². The van der Waals surface area contributed by atoms with Gasteiger partial charge in [0.1, 0.15) is 5.75 Å². The first-order valence-corrected chi connectivity index (χ1v) is 6.89. The van der Waals surface area contributed by atoms with Gasteiger partial charge in [0.25, 0.3) is 0 Å². The molecule has 0 saturated heterocycles. The summed E-state index contributed by atoms with van der Waals surface area (Å²) >= 11 is 0. The van der Waals surface area contributed by atoms with Gasteiger partial charge in [0.05, 0.1) is 19.1 Å². The van der Waals surface area contributed by atoms with Crippen molar-refractivity contribution >= 4 is 18.0 Å². The SMILES string of the molecule is COc1cccc(C=CC(=O)NC2(CC(=O)O)CCC2)c1. The summed E-state index contributed by atoms with van der Waals surface area (Å²) in [6, 6.07) is 7.35. The van der Waals surface area contributed by atoms with Crippen LogP contribution in [0, 0.1) is 0 Å². The average Bonchev–Trinajstić information content (AvgIpc) is 2.42. The Bertz CT molecular complexity index is 561. The number of methoxy groups -OCH3 is 1. The number of carbonyl (C=O) groups is 2. The molecular formula is C16H19NO4. The molecule has 2 rings (SSSR count). The lowest BCUT2D eigenvalue weighted by molar-refractivity contribution is -0.140. The molecule has 1 aromatic rings. The molecule has 5 heteroatoms. The maximum atomic E-state index is 11.9. The van der Waals surface area contributed by atoms with Crippen molar-refractivity contribution in [2.24, 2.45) is 0 Å². The maximum Gasteiger partial charge on any atom is 0.305 e. The highest BCUT2D eigenvalue weighted by Crippen LogP contribution is 2.34. The quantitative estimate of drug-likeness (QED) is 0.787. The summed E-state index contributed by atoms with van der Waals surface area (Å²) < 4.78 is 5.11. The molecule has 1 aromatic carbocycles. The third-order valence-electron chi connectivity index (χ3n) is 3.71. The molecule has 1 saturated carbocycles. The van der Waals surface area contributed by atoms with Crippen LogP contribution in [0.5, 0.6) is 5.75 Å². The summed E-state index contributed by atoms with van der Waals surface area (Å²) in [5.41, 5.74) is 0.284. The molecule has 0 radical (unpaired) electrons. The van der Waals surface area contributed by atoms with Crippen molar-refractivity contribution in [3.8, 4) is 5.75 Å². The van der Waals surface area contributed by atoms with Crippen LogP contribution in [0.1, 0.15) is 31.2 Å². The van der Waals surface area contributed by atoms with Crippen LogP contribution >= 0.6 is 0 Å². The second kappa shape index (κ2) is 6.43. The zero-order chi connectivity index (χ0) is 15.3. The van der Waals surface area contributed by atoms with Gasteiger partial charge in [0.15, 0.2) is 0 Å². The van der Waals surface area contributed by atoms with Crippen LogP contribution < -0.4 is 10.1 Å². The van der Waals surface area contributed by atoms with E-state index >= 15 is 0 Å². The topological polar surface area (TPSA) is 75.6 Å². The smallest absolute Gasteiger partial charge is 0.305 e. The largest absolute Gasteiger partial charge is 0.497 e. The second-order valence-electron chi connectivity index (χ2n) is 5.30. The van der Waals surface area contributed by atoms with Crippen LogP contribution in [-0.4, -0.2) is 29.6 Å². The van der Waals surface area contributed by atoms with E-state index in [0.29, 0.717) is 0 Å². The number of carboxylic acids is 1. The number of hydrogen-bond donors (Lipinski definition) is 2. The predicted octanol–water partition coefficient (Wildman–Crippen LogP) is 2.22. The molecule has 2 N–H and O–H groups in total. The Morgan fingerprint density at radius 1 is 1.43 bits per heavy atom. The van der Waals surface area contributed by atoms with E-state index in [2.05, 4.69) is 5.32 Å². The highest BCUT2D eigenvalue weighted by Gasteiger charge is 2.39. The van der Waals surface area contributed by atoms with E-state index in [-0.39, 0.29) is 12.3 Å². The maximum absolute atomic E-state index is 11.9. The van der Waals surface area contributed by atoms with Crippen LogP contribution in [0.25, 0.3) is 6.08 Å². The van der Waals surface area contributed by atoms with E-state index in [1.807, 2.05) is 24.3 Å². The van der Waals surface area contributed by atoms with Crippen LogP contribution in [0.2, 0.25) is 0 Å². The summed E-state index contributed by atoms with van der Waals surface area (Å²) in [5, 5.41) is 11.7. The average molecular weight is 289 g/mol. The Morgan fingerprint density at radius 3 is 2.76 bits per heavy atom. The zero-order valence-electron chi connectivity index (χ0n) is 12.0. The number of ether oxygens (including phenoxy) is 1. The fraction of sp³-hybridized carbons (Fsp3) is 0.375. The first kappa shape index (κ1) is 15.1. The van der Waals surface area contributed by atoms with E-state index in [1.165, 1.54) is 6.08 Å². The number of benzene rings is 1. The minimum atomic E-state index is -0.883. The summed E-state index contributed by atoms with van der Waals surface area (Å²) in [7, 11) is 1.59. The number of nitrogens with one attached hydrogen (secondary N) is 1. The van der Waals surface area contributed by atoms with E-state index in [4.69, 9.17) is 9.84 Å². The van der Waals surface area contributed by atoms with Crippen molar-refractivity contribution < 1.29 is 19.4 Å². The first-order valence-electron chi connectivity index (χ1n) is 6.89. The molecule has 21 heavy (non-hydrogen) atoms. The number of carbonyl (C=O) groups excluding carboxylic acids is 1. The van der Waals surface area contributed by atoms with Gasteiger partial charge in [-0.2, -0.15) is 0 Å². The Balaban J connectivity index is 1.97. The van der Waals surface area contributed by atoms with Gasteiger partial charge < -0.3 is 15.2 Å². The molecule has 1 aliphatic rings. The van der Waals surface area contributed by atoms with Crippen LogP contribution in [0.3, 0.4) is 0 Å². The Morgan fingerprint density at radius 2 is 2.19 bits per heavy atom. The Kier molecular flexibility index (Phi) is 4.62. The highest BCUT2D eigenvalue weighted by molar-refractivity contribution is 5.92. The van der Waals surface area contributed by atoms with E-state index in [1.54, 1.807) is 13.2 Å². The number of rotatable bonds is 6. The third-order valence-corrected chi connectivity index (χ3v) is 3.71. The molecule has 0 aliphatic heterocycles. The van der Waals surface area contributed by atoms with Crippen molar-refractivity contribution in [2.45, 2.75) is 31.2 Å². The van der Waals surface area contributed by atoms with Gasteiger partial charge in [0, 0.05) is 6.08 Å². The zero-order valence-corrected chi connectivity index (χ0v) is 12.0. The van der Waals surface area contributed by atoms with Gasteiger partial charge in [-0.15, -0.1) is 0 Å². The van der Waals surface area contributed by atoms with E-state index < -0.39 is 11.5 Å². The molecule has 1 aliphatic carbocycles.